The van der Waals surface area contributed by atoms with Gasteiger partial charge in [-0.25, -0.2) is 0 Å². The number of aliphatic hydroxyl groups is 1. The Kier molecular flexibility index (Phi) is 5.74. The Morgan fingerprint density at radius 3 is 1.80 bits per heavy atom. The van der Waals surface area contributed by atoms with E-state index in [1.807, 2.05) is 0 Å². The van der Waals surface area contributed by atoms with Crippen molar-refractivity contribution in [2.24, 2.45) is 0 Å². The summed E-state index contributed by atoms with van der Waals surface area (Å²) in [6.45, 7) is 0. The third-order valence-corrected chi connectivity index (χ3v) is 4.77. The van der Waals surface area contributed by atoms with Crippen LogP contribution in [0.5, 0.6) is 0 Å². The van der Waals surface area contributed by atoms with Crippen molar-refractivity contribution < 1.29 is 31.6 Å². The summed E-state index contributed by atoms with van der Waals surface area (Å²) in [7, 11) is 0.332. The van der Waals surface area contributed by atoms with Gasteiger partial charge < -0.3 is 18.4 Å². The molecule has 1 unspecified atom stereocenters. The Morgan fingerprint density at radius 2 is 1.53 bits per heavy atom. The van der Waals surface area contributed by atoms with E-state index in [1.165, 1.54) is 21.3 Å². The fourth-order valence-corrected chi connectivity index (χ4v) is 2.95. The van der Waals surface area contributed by atoms with Gasteiger partial charge in [0.05, 0.1) is 0 Å². The molecule has 8 heteroatoms. The van der Waals surface area contributed by atoms with Gasteiger partial charge in [0.2, 0.25) is 0 Å². The largest absolute Gasteiger partial charge is 0.530 e. The van der Waals surface area contributed by atoms with Crippen molar-refractivity contribution in [3.63, 3.8) is 0 Å². The van der Waals surface area contributed by atoms with Crippen LogP contribution in [0.1, 0.15) is 12.8 Å². The third kappa shape index (κ3) is 4.47. The molecular formula is C7H15F3O4Si. The first-order chi connectivity index (χ1) is 6.81. The lowest BCUT2D eigenvalue weighted by Crippen LogP contribution is -2.54. The van der Waals surface area contributed by atoms with Gasteiger partial charge in [0.25, 0.3) is 0 Å². The highest BCUT2D eigenvalue weighted by atomic mass is 28.4. The number of hydrogen-bond donors (Lipinski definition) is 1. The summed E-state index contributed by atoms with van der Waals surface area (Å²) in [5.74, 6) is 0. The van der Waals surface area contributed by atoms with Crippen LogP contribution in [0.15, 0.2) is 0 Å². The van der Waals surface area contributed by atoms with Gasteiger partial charge in [-0.2, -0.15) is 13.2 Å². The first kappa shape index (κ1) is 14.8. The van der Waals surface area contributed by atoms with Crippen LogP contribution in [0.2, 0.25) is 0 Å². The van der Waals surface area contributed by atoms with Crippen LogP contribution in [-0.4, -0.2) is 47.1 Å². The molecule has 0 aliphatic rings. The topological polar surface area (TPSA) is 47.9 Å². The first-order valence-electron chi connectivity index (χ1n) is 4.21. The molecule has 92 valence electrons. The Bertz CT molecular complexity index is 175. The van der Waals surface area contributed by atoms with Crippen molar-refractivity contribution in [3.8, 4) is 0 Å². The monoisotopic (exact) mass is 248 g/mol. The molecule has 0 fully saturated rings. The van der Waals surface area contributed by atoms with Crippen LogP contribution in [0.25, 0.3) is 0 Å². The summed E-state index contributed by atoms with van der Waals surface area (Å²) in [6, 6.07) is 0. The lowest BCUT2D eigenvalue weighted by Gasteiger charge is -2.29. The summed E-state index contributed by atoms with van der Waals surface area (Å²) in [4.78, 5) is 0. The fourth-order valence-electron chi connectivity index (χ4n) is 1.14. The van der Waals surface area contributed by atoms with E-state index in [0.717, 1.165) is 0 Å². The molecule has 0 aromatic rings. The molecular weight excluding hydrogens is 233 g/mol. The molecule has 0 radical (unpaired) electrons. The summed E-state index contributed by atoms with van der Waals surface area (Å²) in [6.07, 6.45) is -5.90. The lowest BCUT2D eigenvalue weighted by atomic mass is 10.3. The van der Waals surface area contributed by atoms with Gasteiger partial charge >= 0.3 is 15.0 Å². The molecule has 1 atom stereocenters. The van der Waals surface area contributed by atoms with Crippen LogP contribution in [0, 0.1) is 0 Å². The Morgan fingerprint density at radius 1 is 1.13 bits per heavy atom. The number of halogens is 3. The van der Waals surface area contributed by atoms with Crippen molar-refractivity contribution in [1.29, 1.82) is 0 Å². The maximum absolute atomic E-state index is 11.9. The highest BCUT2D eigenvalue weighted by Gasteiger charge is 2.47. The van der Waals surface area contributed by atoms with Gasteiger partial charge in [0.15, 0.2) is 0 Å². The van der Waals surface area contributed by atoms with Crippen molar-refractivity contribution in [3.05, 3.63) is 0 Å². The van der Waals surface area contributed by atoms with Crippen molar-refractivity contribution in [2.45, 2.75) is 24.7 Å². The molecule has 15 heavy (non-hydrogen) atoms. The fraction of sp³-hybridized carbons (Fsp3) is 1.00. The highest BCUT2D eigenvalue weighted by Crippen LogP contribution is 2.25. The minimum Gasteiger partial charge on any atom is -0.389 e. The second-order valence-electron chi connectivity index (χ2n) is 2.89. The highest BCUT2D eigenvalue weighted by molar-refractivity contribution is 6.61. The zero-order valence-corrected chi connectivity index (χ0v) is 9.80. The Labute approximate surface area is 87.3 Å². The van der Waals surface area contributed by atoms with Gasteiger partial charge in [-0.1, -0.05) is 0 Å². The molecule has 0 heterocycles. The van der Waals surface area contributed by atoms with Gasteiger partial charge in [0, 0.05) is 27.8 Å². The molecule has 0 rings (SSSR count). The van der Waals surface area contributed by atoms with E-state index in [2.05, 4.69) is 0 Å². The third-order valence-electron chi connectivity index (χ3n) is 1.96. The SMILES string of the molecule is CO[Si](OC)(OC)C(O)CCC(F)(F)F. The Hall–Kier alpha value is -0.153. The summed E-state index contributed by atoms with van der Waals surface area (Å²) >= 11 is 0. The summed E-state index contributed by atoms with van der Waals surface area (Å²) in [5, 5.41) is 9.51. The molecule has 0 aliphatic carbocycles. The number of alkyl halides is 3. The van der Waals surface area contributed by atoms with Gasteiger partial charge in [-0.05, 0) is 6.42 Å². The average Bonchev–Trinajstić information content (AvgIpc) is 2.17. The summed E-state index contributed by atoms with van der Waals surface area (Å²) in [5.41, 5.74) is -1.38. The van der Waals surface area contributed by atoms with Crippen LogP contribution in [-0.2, 0) is 13.3 Å². The zero-order chi connectivity index (χ0) is 12.1. The summed E-state index contributed by atoms with van der Waals surface area (Å²) < 4.78 is 50.2. The second-order valence-corrected chi connectivity index (χ2v) is 5.98. The van der Waals surface area contributed by atoms with E-state index in [-0.39, 0.29) is 0 Å². The predicted octanol–water partition coefficient (Wildman–Crippen LogP) is 1.11. The smallest absolute Gasteiger partial charge is 0.389 e. The number of hydrogen-bond acceptors (Lipinski definition) is 4. The van der Waals surface area contributed by atoms with Crippen molar-refractivity contribution in [1.82, 2.24) is 0 Å². The average molecular weight is 248 g/mol. The minimum absolute atomic E-state index is 0.495. The molecule has 0 saturated carbocycles. The molecule has 0 aromatic heterocycles. The molecule has 0 aliphatic heterocycles. The van der Waals surface area contributed by atoms with E-state index in [1.54, 1.807) is 0 Å². The molecule has 1 N–H and O–H groups in total. The number of aliphatic hydroxyl groups excluding tert-OH is 1. The maximum atomic E-state index is 11.9. The molecule has 4 nitrogen and oxygen atoms in total. The number of rotatable bonds is 6. The maximum Gasteiger partial charge on any atom is 0.530 e. The standard InChI is InChI=1S/C7H15F3O4Si/c1-12-15(13-2,14-3)6(11)4-5-7(8,9)10/h6,11H,4-5H2,1-3H3. The quantitative estimate of drug-likeness (QED) is 0.715. The predicted molar refractivity (Wildman–Crippen MR) is 48.1 cm³/mol. The molecule has 0 spiro atoms. The van der Waals surface area contributed by atoms with E-state index in [0.29, 0.717) is 0 Å². The van der Waals surface area contributed by atoms with Crippen LogP contribution < -0.4 is 0 Å². The van der Waals surface area contributed by atoms with Crippen LogP contribution in [0.4, 0.5) is 13.2 Å². The zero-order valence-electron chi connectivity index (χ0n) is 8.80. The van der Waals surface area contributed by atoms with Crippen LogP contribution >= 0.6 is 0 Å². The van der Waals surface area contributed by atoms with Crippen LogP contribution in [0.3, 0.4) is 0 Å². The van der Waals surface area contributed by atoms with E-state index in [4.69, 9.17) is 13.3 Å². The van der Waals surface area contributed by atoms with E-state index >= 15 is 0 Å². The van der Waals surface area contributed by atoms with Gasteiger partial charge in [0.1, 0.15) is 5.73 Å². The molecule has 0 amide bonds. The van der Waals surface area contributed by atoms with Crippen molar-refractivity contribution >= 4 is 8.80 Å². The normalized spacial score (nSPS) is 15.4. The first-order valence-corrected chi connectivity index (χ1v) is 6.01. The van der Waals surface area contributed by atoms with E-state index < -0.39 is 33.5 Å². The lowest BCUT2D eigenvalue weighted by molar-refractivity contribution is -0.139. The van der Waals surface area contributed by atoms with E-state index in [9.17, 15) is 18.3 Å². The Balaban J connectivity index is 4.33. The van der Waals surface area contributed by atoms with Gasteiger partial charge in [-0.15, -0.1) is 0 Å². The van der Waals surface area contributed by atoms with Crippen molar-refractivity contribution in [2.75, 3.05) is 21.3 Å². The molecule has 0 bridgehead atoms. The second kappa shape index (κ2) is 5.80. The molecule has 0 aromatic carbocycles. The molecule has 0 saturated heterocycles. The minimum atomic E-state index is -4.31. The van der Waals surface area contributed by atoms with Gasteiger partial charge in [-0.3, -0.25) is 0 Å².